The lowest BCUT2D eigenvalue weighted by Gasteiger charge is -2.32. The number of benzene rings is 1. The normalized spacial score (nSPS) is 18.2. The number of rotatable bonds is 6. The molecular weight excluding hydrogens is 464 g/mol. The van der Waals surface area contributed by atoms with Crippen molar-refractivity contribution in [3.05, 3.63) is 71.6 Å². The Bertz CT molecular complexity index is 1200. The van der Waals surface area contributed by atoms with E-state index in [0.29, 0.717) is 5.82 Å². The minimum atomic E-state index is -2.70. The molecule has 1 aromatic carbocycles. The van der Waals surface area contributed by atoms with Gasteiger partial charge in [0.2, 0.25) is 6.43 Å². The number of amides is 1. The van der Waals surface area contributed by atoms with E-state index >= 15 is 0 Å². The number of hydrogen-bond acceptors (Lipinski definition) is 5. The SMILES string of the molecule is CC(C)c1ncc(C(=O)Nc2c(-c3cc(F)ccc3F)ccnc2C2CCOCC2C(F)F)cn1. The topological polar surface area (TPSA) is 77.0 Å². The van der Waals surface area contributed by atoms with Gasteiger partial charge in [-0.05, 0) is 30.7 Å². The van der Waals surface area contributed by atoms with Gasteiger partial charge in [0, 0.05) is 48.2 Å². The van der Waals surface area contributed by atoms with Crippen LogP contribution in [0.3, 0.4) is 0 Å². The summed E-state index contributed by atoms with van der Waals surface area (Å²) in [6, 6.07) is 4.33. The number of nitrogens with zero attached hydrogens (tertiary/aromatic N) is 3. The number of carbonyl (C=O) groups is 1. The summed E-state index contributed by atoms with van der Waals surface area (Å²) in [6.45, 7) is 3.86. The molecule has 1 saturated heterocycles. The molecule has 0 bridgehead atoms. The summed E-state index contributed by atoms with van der Waals surface area (Å²) in [6.07, 6.45) is 1.58. The Hall–Kier alpha value is -3.40. The Labute approximate surface area is 199 Å². The first-order valence-corrected chi connectivity index (χ1v) is 11.2. The lowest BCUT2D eigenvalue weighted by molar-refractivity contribution is -0.0385. The van der Waals surface area contributed by atoms with Crippen LogP contribution in [0.2, 0.25) is 0 Å². The molecule has 10 heteroatoms. The summed E-state index contributed by atoms with van der Waals surface area (Å²) in [5.74, 6) is -3.39. The zero-order valence-corrected chi connectivity index (χ0v) is 19.1. The molecule has 3 heterocycles. The van der Waals surface area contributed by atoms with Gasteiger partial charge in [0.05, 0.1) is 29.5 Å². The van der Waals surface area contributed by atoms with E-state index in [-0.39, 0.29) is 53.6 Å². The molecule has 0 spiro atoms. The molecule has 1 N–H and O–H groups in total. The van der Waals surface area contributed by atoms with Gasteiger partial charge in [-0.1, -0.05) is 13.8 Å². The highest BCUT2D eigenvalue weighted by Crippen LogP contribution is 2.42. The lowest BCUT2D eigenvalue weighted by atomic mass is 9.83. The van der Waals surface area contributed by atoms with Gasteiger partial charge < -0.3 is 10.1 Å². The molecule has 1 aliphatic rings. The average Bonchev–Trinajstić information content (AvgIpc) is 2.85. The van der Waals surface area contributed by atoms with Crippen molar-refractivity contribution in [2.24, 2.45) is 5.92 Å². The Morgan fingerprint density at radius 1 is 1.09 bits per heavy atom. The second kappa shape index (κ2) is 10.5. The van der Waals surface area contributed by atoms with Crippen LogP contribution in [0, 0.1) is 17.6 Å². The molecular formula is C25H24F4N4O2. The predicted octanol–water partition coefficient (Wildman–Crippen LogP) is 5.58. The molecule has 6 nitrogen and oxygen atoms in total. The fourth-order valence-electron chi connectivity index (χ4n) is 4.11. The van der Waals surface area contributed by atoms with Crippen LogP contribution < -0.4 is 5.32 Å². The summed E-state index contributed by atoms with van der Waals surface area (Å²) in [5.41, 5.74) is 0.308. The van der Waals surface area contributed by atoms with Gasteiger partial charge in [-0.15, -0.1) is 0 Å². The maximum atomic E-state index is 14.7. The van der Waals surface area contributed by atoms with Gasteiger partial charge in [-0.25, -0.2) is 27.5 Å². The smallest absolute Gasteiger partial charge is 0.258 e. The second-order valence-electron chi connectivity index (χ2n) is 8.65. The highest BCUT2D eigenvalue weighted by Gasteiger charge is 2.37. The Balaban J connectivity index is 1.82. The molecule has 1 aliphatic heterocycles. The highest BCUT2D eigenvalue weighted by molar-refractivity contribution is 6.06. The molecule has 0 saturated carbocycles. The van der Waals surface area contributed by atoms with E-state index in [1.54, 1.807) is 0 Å². The lowest BCUT2D eigenvalue weighted by Crippen LogP contribution is -2.32. The average molecular weight is 488 g/mol. The van der Waals surface area contributed by atoms with Gasteiger partial charge in [-0.3, -0.25) is 9.78 Å². The van der Waals surface area contributed by atoms with E-state index in [4.69, 9.17) is 4.74 Å². The Morgan fingerprint density at radius 3 is 2.51 bits per heavy atom. The Morgan fingerprint density at radius 2 is 1.83 bits per heavy atom. The zero-order valence-electron chi connectivity index (χ0n) is 19.1. The number of ether oxygens (including phenoxy) is 1. The summed E-state index contributed by atoms with van der Waals surface area (Å²) >= 11 is 0. The quantitative estimate of drug-likeness (QED) is 0.459. The van der Waals surface area contributed by atoms with Crippen LogP contribution in [0.4, 0.5) is 23.2 Å². The van der Waals surface area contributed by atoms with Crippen molar-refractivity contribution in [3.63, 3.8) is 0 Å². The molecule has 1 amide bonds. The fraction of sp³-hybridized carbons (Fsp3) is 0.360. The maximum Gasteiger partial charge on any atom is 0.258 e. The van der Waals surface area contributed by atoms with Crippen molar-refractivity contribution in [1.82, 2.24) is 15.0 Å². The third-order valence-electron chi connectivity index (χ3n) is 5.96. The predicted molar refractivity (Wildman–Crippen MR) is 121 cm³/mol. The molecule has 2 unspecified atom stereocenters. The monoisotopic (exact) mass is 488 g/mol. The summed E-state index contributed by atoms with van der Waals surface area (Å²) in [4.78, 5) is 25.8. The number of carbonyl (C=O) groups excluding carboxylic acids is 1. The Kier molecular flexibility index (Phi) is 7.39. The minimum Gasteiger partial charge on any atom is -0.381 e. The molecule has 0 aliphatic carbocycles. The number of alkyl halides is 2. The van der Waals surface area contributed by atoms with Crippen LogP contribution in [-0.2, 0) is 4.74 Å². The van der Waals surface area contributed by atoms with Crippen LogP contribution in [-0.4, -0.2) is 40.5 Å². The van der Waals surface area contributed by atoms with Crippen molar-refractivity contribution >= 4 is 11.6 Å². The molecule has 184 valence electrons. The first-order chi connectivity index (χ1) is 16.8. The van der Waals surface area contributed by atoms with E-state index in [9.17, 15) is 22.4 Å². The van der Waals surface area contributed by atoms with E-state index in [1.165, 1.54) is 24.7 Å². The summed E-state index contributed by atoms with van der Waals surface area (Å²) in [5, 5.41) is 2.69. The third kappa shape index (κ3) is 5.32. The molecule has 1 fully saturated rings. The largest absolute Gasteiger partial charge is 0.381 e. The number of anilines is 1. The minimum absolute atomic E-state index is 0.0347. The number of aromatic nitrogens is 3. The van der Waals surface area contributed by atoms with Gasteiger partial charge in [0.1, 0.15) is 17.5 Å². The van der Waals surface area contributed by atoms with Crippen LogP contribution in [0.1, 0.15) is 54.0 Å². The van der Waals surface area contributed by atoms with Crippen molar-refractivity contribution in [2.75, 3.05) is 18.5 Å². The fourth-order valence-corrected chi connectivity index (χ4v) is 4.11. The number of hydrogen-bond donors (Lipinski definition) is 1. The second-order valence-corrected chi connectivity index (χ2v) is 8.65. The van der Waals surface area contributed by atoms with Crippen LogP contribution in [0.5, 0.6) is 0 Å². The number of pyridine rings is 1. The van der Waals surface area contributed by atoms with Crippen LogP contribution in [0.25, 0.3) is 11.1 Å². The number of nitrogens with one attached hydrogen (secondary N) is 1. The summed E-state index contributed by atoms with van der Waals surface area (Å²) < 4.78 is 61.7. The van der Waals surface area contributed by atoms with Gasteiger partial charge in [0.15, 0.2) is 0 Å². The van der Waals surface area contributed by atoms with Crippen LogP contribution >= 0.6 is 0 Å². The van der Waals surface area contributed by atoms with E-state index in [2.05, 4.69) is 20.3 Å². The van der Waals surface area contributed by atoms with E-state index in [0.717, 1.165) is 18.2 Å². The molecule has 3 aromatic rings. The van der Waals surface area contributed by atoms with Gasteiger partial charge >= 0.3 is 0 Å². The number of halogens is 4. The maximum absolute atomic E-state index is 14.7. The van der Waals surface area contributed by atoms with Gasteiger partial charge in [0.25, 0.3) is 5.91 Å². The van der Waals surface area contributed by atoms with Crippen molar-refractivity contribution in [2.45, 2.75) is 38.5 Å². The van der Waals surface area contributed by atoms with Crippen molar-refractivity contribution in [3.8, 4) is 11.1 Å². The molecule has 4 rings (SSSR count). The molecule has 0 radical (unpaired) electrons. The van der Waals surface area contributed by atoms with E-state index < -0.39 is 35.8 Å². The molecule has 2 atom stereocenters. The zero-order chi connectivity index (χ0) is 25.1. The first kappa shape index (κ1) is 24.7. The first-order valence-electron chi connectivity index (χ1n) is 11.2. The van der Waals surface area contributed by atoms with Crippen molar-refractivity contribution in [1.29, 1.82) is 0 Å². The van der Waals surface area contributed by atoms with Crippen LogP contribution in [0.15, 0.2) is 42.9 Å². The van der Waals surface area contributed by atoms with E-state index in [1.807, 2.05) is 13.8 Å². The highest BCUT2D eigenvalue weighted by atomic mass is 19.3. The molecule has 35 heavy (non-hydrogen) atoms. The third-order valence-corrected chi connectivity index (χ3v) is 5.96. The standard InChI is InChI=1S/C25H24F4N4O2/c1-13(2)24-31-10-14(11-32-24)25(34)33-22-16(18-9-15(26)3-4-20(18)27)5-7-30-21(22)17-6-8-35-12-19(17)23(28)29/h3-5,7,9-11,13,17,19,23H,6,8,12H2,1-2H3,(H,33,34). The van der Waals surface area contributed by atoms with Gasteiger partial charge in [-0.2, -0.15) is 0 Å². The summed E-state index contributed by atoms with van der Waals surface area (Å²) in [7, 11) is 0. The van der Waals surface area contributed by atoms with Crippen molar-refractivity contribution < 1.29 is 27.1 Å². The molecule has 2 aromatic heterocycles.